The molecule has 0 N–H and O–H groups in total. The smallest absolute Gasteiger partial charge is 0.280 e. The van der Waals surface area contributed by atoms with Crippen molar-refractivity contribution < 1.29 is 9.53 Å². The molecule has 1 amide bonds. The van der Waals surface area contributed by atoms with E-state index in [-0.39, 0.29) is 5.91 Å². The van der Waals surface area contributed by atoms with Crippen LogP contribution in [-0.4, -0.2) is 65.0 Å². The molecule has 0 bridgehead atoms. The standard InChI is InChI=1S/C20H25N5O2S/c1-14-12-17-18(13-15(14)2)28-20(21-17)25(7-6-24-8-10-27-11-9-24)19(26)16-4-5-23(3)22-16/h4-5,12-13H,6-11H2,1-3H3. The van der Waals surface area contributed by atoms with Crippen LogP contribution < -0.4 is 4.90 Å². The summed E-state index contributed by atoms with van der Waals surface area (Å²) in [7, 11) is 1.82. The van der Waals surface area contributed by atoms with Gasteiger partial charge in [-0.25, -0.2) is 4.98 Å². The molecule has 7 nitrogen and oxygen atoms in total. The van der Waals surface area contributed by atoms with Crippen LogP contribution in [0.25, 0.3) is 10.2 Å². The van der Waals surface area contributed by atoms with Crippen LogP contribution in [0.2, 0.25) is 0 Å². The number of carbonyl (C=O) groups is 1. The predicted octanol–water partition coefficient (Wildman–Crippen LogP) is 2.63. The van der Waals surface area contributed by atoms with Crippen molar-refractivity contribution in [1.29, 1.82) is 0 Å². The zero-order valence-corrected chi connectivity index (χ0v) is 17.3. The number of carbonyl (C=O) groups excluding carboxylic acids is 1. The van der Waals surface area contributed by atoms with Crippen molar-refractivity contribution in [2.75, 3.05) is 44.3 Å². The van der Waals surface area contributed by atoms with Gasteiger partial charge in [0.15, 0.2) is 10.8 Å². The Balaban J connectivity index is 1.64. The number of rotatable bonds is 5. The molecule has 3 heterocycles. The highest BCUT2D eigenvalue weighted by atomic mass is 32.1. The minimum atomic E-state index is -0.110. The Morgan fingerprint density at radius 3 is 2.71 bits per heavy atom. The van der Waals surface area contributed by atoms with Crippen LogP contribution >= 0.6 is 11.3 Å². The number of benzene rings is 1. The summed E-state index contributed by atoms with van der Waals surface area (Å²) >= 11 is 1.56. The Kier molecular flexibility index (Phi) is 5.43. The number of amides is 1. The molecule has 1 aliphatic rings. The third kappa shape index (κ3) is 3.94. The summed E-state index contributed by atoms with van der Waals surface area (Å²) in [4.78, 5) is 22.1. The van der Waals surface area contributed by atoms with Crippen molar-refractivity contribution in [2.24, 2.45) is 7.05 Å². The van der Waals surface area contributed by atoms with Crippen molar-refractivity contribution in [3.8, 4) is 0 Å². The monoisotopic (exact) mass is 399 g/mol. The molecule has 1 saturated heterocycles. The molecule has 0 atom stereocenters. The molecule has 1 aromatic carbocycles. The Hall–Kier alpha value is -2.29. The fraction of sp³-hybridized carbons (Fsp3) is 0.450. The van der Waals surface area contributed by atoms with Gasteiger partial charge in [-0.1, -0.05) is 11.3 Å². The SMILES string of the molecule is Cc1cc2nc(N(CCN3CCOCC3)C(=O)c3ccn(C)n3)sc2cc1C. The summed E-state index contributed by atoms with van der Waals surface area (Å²) in [6.45, 7) is 8.82. The van der Waals surface area contributed by atoms with Gasteiger partial charge in [0, 0.05) is 39.4 Å². The molecule has 4 rings (SSSR count). The summed E-state index contributed by atoms with van der Waals surface area (Å²) < 4.78 is 8.18. The number of thiazole rings is 1. The summed E-state index contributed by atoms with van der Waals surface area (Å²) in [6.07, 6.45) is 1.79. The third-order valence-corrected chi connectivity index (χ3v) is 6.19. The van der Waals surface area contributed by atoms with Gasteiger partial charge < -0.3 is 4.74 Å². The maximum absolute atomic E-state index is 13.2. The maximum Gasteiger partial charge on any atom is 0.280 e. The highest BCUT2D eigenvalue weighted by Crippen LogP contribution is 2.31. The van der Waals surface area contributed by atoms with Crippen molar-refractivity contribution >= 4 is 32.6 Å². The van der Waals surface area contributed by atoms with E-state index >= 15 is 0 Å². The van der Waals surface area contributed by atoms with E-state index in [0.717, 1.165) is 48.2 Å². The Morgan fingerprint density at radius 1 is 1.25 bits per heavy atom. The molecule has 1 aliphatic heterocycles. The average molecular weight is 400 g/mol. The highest BCUT2D eigenvalue weighted by Gasteiger charge is 2.24. The molecule has 28 heavy (non-hydrogen) atoms. The van der Waals surface area contributed by atoms with E-state index in [4.69, 9.17) is 9.72 Å². The van der Waals surface area contributed by atoms with Gasteiger partial charge in [0.25, 0.3) is 5.91 Å². The number of aromatic nitrogens is 3. The zero-order chi connectivity index (χ0) is 19.7. The van der Waals surface area contributed by atoms with Gasteiger partial charge in [0.1, 0.15) is 0 Å². The molecular weight excluding hydrogens is 374 g/mol. The van der Waals surface area contributed by atoms with Gasteiger partial charge in [0.05, 0.1) is 23.4 Å². The van der Waals surface area contributed by atoms with E-state index < -0.39 is 0 Å². The lowest BCUT2D eigenvalue weighted by Crippen LogP contribution is -2.43. The minimum Gasteiger partial charge on any atom is -0.379 e. The number of morpholine rings is 1. The van der Waals surface area contributed by atoms with E-state index in [1.807, 2.05) is 7.05 Å². The second-order valence-electron chi connectivity index (χ2n) is 7.19. The minimum absolute atomic E-state index is 0.110. The number of anilines is 1. The Morgan fingerprint density at radius 2 is 2.00 bits per heavy atom. The van der Waals surface area contributed by atoms with Crippen LogP contribution in [0.15, 0.2) is 24.4 Å². The number of hydrogen-bond acceptors (Lipinski definition) is 6. The third-order valence-electron chi connectivity index (χ3n) is 5.14. The summed E-state index contributed by atoms with van der Waals surface area (Å²) in [5.74, 6) is -0.110. The maximum atomic E-state index is 13.2. The van der Waals surface area contributed by atoms with Gasteiger partial charge in [-0.15, -0.1) is 0 Å². The van der Waals surface area contributed by atoms with Gasteiger partial charge in [-0.05, 0) is 43.2 Å². The van der Waals surface area contributed by atoms with Crippen LogP contribution in [-0.2, 0) is 11.8 Å². The van der Waals surface area contributed by atoms with E-state index in [1.54, 1.807) is 33.2 Å². The first-order chi connectivity index (χ1) is 13.5. The number of nitrogens with zero attached hydrogens (tertiary/aromatic N) is 5. The fourth-order valence-electron chi connectivity index (χ4n) is 3.30. The van der Waals surface area contributed by atoms with Crippen LogP contribution in [0.4, 0.5) is 5.13 Å². The first kappa shape index (κ1) is 19.0. The molecule has 0 unspecified atom stereocenters. The summed E-state index contributed by atoms with van der Waals surface area (Å²) in [6, 6.07) is 6.00. The normalized spacial score (nSPS) is 15.2. The lowest BCUT2D eigenvalue weighted by molar-refractivity contribution is 0.0391. The van der Waals surface area contributed by atoms with Crippen molar-refractivity contribution in [2.45, 2.75) is 13.8 Å². The van der Waals surface area contributed by atoms with Crippen LogP contribution in [0.1, 0.15) is 21.6 Å². The molecule has 0 aliphatic carbocycles. The molecule has 8 heteroatoms. The number of ether oxygens (including phenoxy) is 1. The van der Waals surface area contributed by atoms with Gasteiger partial charge in [-0.3, -0.25) is 19.3 Å². The summed E-state index contributed by atoms with van der Waals surface area (Å²) in [5.41, 5.74) is 3.82. The van der Waals surface area contributed by atoms with E-state index in [2.05, 4.69) is 36.0 Å². The van der Waals surface area contributed by atoms with Crippen molar-refractivity contribution in [3.05, 3.63) is 41.2 Å². The number of aryl methyl sites for hydroxylation is 3. The fourth-order valence-corrected chi connectivity index (χ4v) is 4.37. The molecule has 148 valence electrons. The zero-order valence-electron chi connectivity index (χ0n) is 16.5. The van der Waals surface area contributed by atoms with Crippen LogP contribution in [0.5, 0.6) is 0 Å². The Labute approximate surface area is 168 Å². The number of hydrogen-bond donors (Lipinski definition) is 0. The van der Waals surface area contributed by atoms with E-state index in [1.165, 1.54) is 11.1 Å². The van der Waals surface area contributed by atoms with E-state index in [0.29, 0.717) is 12.2 Å². The first-order valence-electron chi connectivity index (χ1n) is 9.50. The number of fused-ring (bicyclic) bond motifs is 1. The Bertz CT molecular complexity index is 951. The molecular formula is C20H25N5O2S. The molecule has 3 aromatic rings. The molecule has 1 fully saturated rings. The lowest BCUT2D eigenvalue weighted by atomic mass is 10.1. The lowest BCUT2D eigenvalue weighted by Gasteiger charge is -2.29. The van der Waals surface area contributed by atoms with Crippen molar-refractivity contribution in [1.82, 2.24) is 19.7 Å². The second kappa shape index (κ2) is 7.98. The largest absolute Gasteiger partial charge is 0.379 e. The van der Waals surface area contributed by atoms with E-state index in [9.17, 15) is 4.79 Å². The quantitative estimate of drug-likeness (QED) is 0.660. The molecule has 0 saturated carbocycles. The van der Waals surface area contributed by atoms with Gasteiger partial charge in [-0.2, -0.15) is 5.10 Å². The summed E-state index contributed by atoms with van der Waals surface area (Å²) in [5, 5.41) is 5.03. The molecule has 0 radical (unpaired) electrons. The predicted molar refractivity (Wildman–Crippen MR) is 111 cm³/mol. The van der Waals surface area contributed by atoms with Gasteiger partial charge in [0.2, 0.25) is 0 Å². The average Bonchev–Trinajstić information content (AvgIpc) is 3.29. The van der Waals surface area contributed by atoms with Crippen LogP contribution in [0.3, 0.4) is 0 Å². The molecule has 2 aromatic heterocycles. The highest BCUT2D eigenvalue weighted by molar-refractivity contribution is 7.22. The van der Waals surface area contributed by atoms with Gasteiger partial charge >= 0.3 is 0 Å². The van der Waals surface area contributed by atoms with Crippen molar-refractivity contribution in [3.63, 3.8) is 0 Å². The molecule has 0 spiro atoms. The van der Waals surface area contributed by atoms with Crippen LogP contribution in [0, 0.1) is 13.8 Å². The second-order valence-corrected chi connectivity index (χ2v) is 8.20. The topological polar surface area (TPSA) is 63.5 Å². The first-order valence-corrected chi connectivity index (χ1v) is 10.3.